The van der Waals surface area contributed by atoms with E-state index in [4.69, 9.17) is 11.2 Å². The molecule has 0 spiro atoms. The smallest absolute Gasteiger partial charge is 0.148 e. The van der Waals surface area contributed by atoms with Gasteiger partial charge in [0.2, 0.25) is 0 Å². The van der Waals surface area contributed by atoms with Gasteiger partial charge < -0.3 is 10.1 Å². The van der Waals surface area contributed by atoms with Crippen LogP contribution >= 0.6 is 0 Å². The fourth-order valence-corrected chi connectivity index (χ4v) is 2.10. The fourth-order valence-electron chi connectivity index (χ4n) is 2.10. The van der Waals surface area contributed by atoms with Gasteiger partial charge in [0.25, 0.3) is 0 Å². The van der Waals surface area contributed by atoms with Gasteiger partial charge in [0, 0.05) is 30.9 Å². The Hall–Kier alpha value is -2.25. The minimum absolute atomic E-state index is 0.221. The number of nitrogens with one attached hydrogen (secondary N) is 1. The highest BCUT2D eigenvalue weighted by Crippen LogP contribution is 2.19. The summed E-state index contributed by atoms with van der Waals surface area (Å²) in [5.74, 6) is 3.28. The van der Waals surface area contributed by atoms with Crippen molar-refractivity contribution in [3.63, 3.8) is 0 Å². The first-order valence-electron chi connectivity index (χ1n) is 6.99. The number of ether oxygens (including phenoxy) is 1. The summed E-state index contributed by atoms with van der Waals surface area (Å²) < 4.78 is 7.34. The van der Waals surface area contributed by atoms with E-state index in [0.29, 0.717) is 6.61 Å². The van der Waals surface area contributed by atoms with E-state index in [1.807, 2.05) is 36.1 Å². The Morgan fingerprint density at radius 1 is 1.48 bits per heavy atom. The predicted octanol–water partition coefficient (Wildman–Crippen LogP) is 2.59. The van der Waals surface area contributed by atoms with Crippen molar-refractivity contribution < 1.29 is 4.74 Å². The average Bonchev–Trinajstić information content (AvgIpc) is 2.82. The second-order valence-electron chi connectivity index (χ2n) is 5.05. The van der Waals surface area contributed by atoms with Crippen molar-refractivity contribution in [2.45, 2.75) is 26.4 Å². The molecular weight excluding hydrogens is 262 g/mol. The van der Waals surface area contributed by atoms with Crippen LogP contribution in [0.5, 0.6) is 5.75 Å². The number of aromatic nitrogens is 2. The van der Waals surface area contributed by atoms with Crippen LogP contribution in [-0.2, 0) is 13.6 Å². The van der Waals surface area contributed by atoms with Crippen molar-refractivity contribution in [1.82, 2.24) is 15.1 Å². The summed E-state index contributed by atoms with van der Waals surface area (Å²) in [7, 11) is 1.95. The molecule has 1 N–H and O–H groups in total. The molecule has 1 atom stereocenters. The van der Waals surface area contributed by atoms with Gasteiger partial charge in [-0.05, 0) is 31.5 Å². The molecule has 1 aromatic carbocycles. The topological polar surface area (TPSA) is 39.1 Å². The van der Waals surface area contributed by atoms with Crippen LogP contribution in [0.3, 0.4) is 0 Å². The zero-order valence-electron chi connectivity index (χ0n) is 12.8. The molecule has 2 rings (SSSR count). The van der Waals surface area contributed by atoms with Gasteiger partial charge >= 0.3 is 0 Å². The van der Waals surface area contributed by atoms with Crippen LogP contribution in [0.25, 0.3) is 0 Å². The summed E-state index contributed by atoms with van der Waals surface area (Å²) in [6, 6.07) is 8.22. The maximum Gasteiger partial charge on any atom is 0.148 e. The molecule has 0 fully saturated rings. The standard InChI is InChI=1S/C17H21N3O/c1-5-9-21-17-8-6-7-15(10-17)13(2)18-11-16-12-19-20(4)14(16)3/h1,6-8,10,12-13,18H,9,11H2,2-4H3. The highest BCUT2D eigenvalue weighted by molar-refractivity contribution is 5.30. The molecule has 4 nitrogen and oxygen atoms in total. The molecule has 0 amide bonds. The van der Waals surface area contributed by atoms with E-state index in [2.05, 4.69) is 36.2 Å². The van der Waals surface area contributed by atoms with Crippen LogP contribution < -0.4 is 10.1 Å². The predicted molar refractivity (Wildman–Crippen MR) is 84.0 cm³/mol. The van der Waals surface area contributed by atoms with E-state index in [1.54, 1.807) is 0 Å². The van der Waals surface area contributed by atoms with Crippen LogP contribution in [0, 0.1) is 19.3 Å². The van der Waals surface area contributed by atoms with Crippen molar-refractivity contribution in [3.8, 4) is 18.1 Å². The lowest BCUT2D eigenvalue weighted by Crippen LogP contribution is -2.18. The Kier molecular flexibility index (Phi) is 5.02. The van der Waals surface area contributed by atoms with Crippen LogP contribution in [0.1, 0.15) is 29.8 Å². The minimum Gasteiger partial charge on any atom is -0.481 e. The molecule has 1 aromatic heterocycles. The highest BCUT2D eigenvalue weighted by atomic mass is 16.5. The van der Waals surface area contributed by atoms with Gasteiger partial charge in [-0.2, -0.15) is 5.10 Å². The number of hydrogen-bond donors (Lipinski definition) is 1. The Labute approximate surface area is 126 Å². The lowest BCUT2D eigenvalue weighted by molar-refractivity contribution is 0.369. The summed E-state index contributed by atoms with van der Waals surface area (Å²) in [4.78, 5) is 0. The van der Waals surface area contributed by atoms with E-state index in [9.17, 15) is 0 Å². The maximum absolute atomic E-state index is 5.45. The lowest BCUT2D eigenvalue weighted by atomic mass is 10.1. The molecule has 110 valence electrons. The minimum atomic E-state index is 0.221. The number of aryl methyl sites for hydroxylation is 1. The van der Waals surface area contributed by atoms with Crippen molar-refractivity contribution in [3.05, 3.63) is 47.3 Å². The molecular formula is C17H21N3O. The van der Waals surface area contributed by atoms with Crippen LogP contribution in [0.2, 0.25) is 0 Å². The Balaban J connectivity index is 1.98. The van der Waals surface area contributed by atoms with E-state index in [-0.39, 0.29) is 6.04 Å². The zero-order chi connectivity index (χ0) is 15.2. The molecule has 0 saturated heterocycles. The Bertz CT molecular complexity index is 640. The zero-order valence-corrected chi connectivity index (χ0v) is 12.8. The molecule has 21 heavy (non-hydrogen) atoms. The Morgan fingerprint density at radius 2 is 2.29 bits per heavy atom. The lowest BCUT2D eigenvalue weighted by Gasteiger charge is -2.15. The number of benzene rings is 1. The summed E-state index contributed by atoms with van der Waals surface area (Å²) in [5, 5.41) is 7.76. The summed E-state index contributed by atoms with van der Waals surface area (Å²) in [6.45, 7) is 5.28. The molecule has 1 unspecified atom stereocenters. The van der Waals surface area contributed by atoms with Crippen molar-refractivity contribution in [2.75, 3.05) is 6.61 Å². The largest absolute Gasteiger partial charge is 0.481 e. The van der Waals surface area contributed by atoms with Gasteiger partial charge in [-0.25, -0.2) is 0 Å². The van der Waals surface area contributed by atoms with E-state index < -0.39 is 0 Å². The first-order chi connectivity index (χ1) is 10.1. The highest BCUT2D eigenvalue weighted by Gasteiger charge is 2.08. The molecule has 0 saturated carbocycles. The SMILES string of the molecule is C#CCOc1cccc(C(C)NCc2cnn(C)c2C)c1. The molecule has 0 aliphatic heterocycles. The summed E-state index contributed by atoms with van der Waals surface area (Å²) in [5.41, 5.74) is 3.57. The van der Waals surface area contributed by atoms with Gasteiger partial charge in [0.1, 0.15) is 12.4 Å². The van der Waals surface area contributed by atoms with Crippen molar-refractivity contribution in [2.24, 2.45) is 7.05 Å². The molecule has 0 radical (unpaired) electrons. The fraction of sp³-hybridized carbons (Fsp3) is 0.353. The second kappa shape index (κ2) is 6.96. The van der Waals surface area contributed by atoms with Crippen molar-refractivity contribution >= 4 is 0 Å². The van der Waals surface area contributed by atoms with Crippen LogP contribution in [-0.4, -0.2) is 16.4 Å². The summed E-state index contributed by atoms with van der Waals surface area (Å²) in [6.07, 6.45) is 7.11. The van der Waals surface area contributed by atoms with E-state index >= 15 is 0 Å². The second-order valence-corrected chi connectivity index (χ2v) is 5.05. The summed E-state index contributed by atoms with van der Waals surface area (Å²) >= 11 is 0. The number of hydrogen-bond acceptors (Lipinski definition) is 3. The van der Waals surface area contributed by atoms with Gasteiger partial charge in [-0.3, -0.25) is 4.68 Å². The third-order valence-corrected chi connectivity index (χ3v) is 3.62. The van der Waals surface area contributed by atoms with Gasteiger partial charge in [-0.15, -0.1) is 6.42 Å². The van der Waals surface area contributed by atoms with Crippen LogP contribution in [0.4, 0.5) is 0 Å². The monoisotopic (exact) mass is 283 g/mol. The molecule has 1 heterocycles. The van der Waals surface area contributed by atoms with E-state index in [0.717, 1.165) is 12.3 Å². The van der Waals surface area contributed by atoms with Crippen LogP contribution in [0.15, 0.2) is 30.5 Å². The normalized spacial score (nSPS) is 11.9. The molecule has 0 aliphatic carbocycles. The van der Waals surface area contributed by atoms with Crippen molar-refractivity contribution in [1.29, 1.82) is 0 Å². The molecule has 0 aliphatic rings. The molecule has 0 bridgehead atoms. The molecule has 4 heteroatoms. The van der Waals surface area contributed by atoms with Gasteiger partial charge in [-0.1, -0.05) is 18.1 Å². The first kappa shape index (κ1) is 15.1. The third kappa shape index (κ3) is 3.87. The maximum atomic E-state index is 5.45. The van der Waals surface area contributed by atoms with E-state index in [1.165, 1.54) is 16.8 Å². The number of rotatable bonds is 6. The Morgan fingerprint density at radius 3 is 2.95 bits per heavy atom. The molecule has 2 aromatic rings. The first-order valence-corrected chi connectivity index (χ1v) is 6.99. The van der Waals surface area contributed by atoms with Gasteiger partial charge in [0.15, 0.2) is 0 Å². The third-order valence-electron chi connectivity index (χ3n) is 3.62. The quantitative estimate of drug-likeness (QED) is 0.828. The van der Waals surface area contributed by atoms with Gasteiger partial charge in [0.05, 0.1) is 6.20 Å². The number of terminal acetylenes is 1. The number of nitrogens with zero attached hydrogens (tertiary/aromatic N) is 2. The average molecular weight is 283 g/mol.